The van der Waals surface area contributed by atoms with Gasteiger partial charge in [0.25, 0.3) is 0 Å². The summed E-state index contributed by atoms with van der Waals surface area (Å²) in [6.07, 6.45) is -10.9. The first-order valence-electron chi connectivity index (χ1n) is 14.9. The third-order valence-electron chi connectivity index (χ3n) is 6.36. The van der Waals surface area contributed by atoms with Crippen LogP contribution in [0.4, 0.5) is 39.5 Å². The van der Waals surface area contributed by atoms with Crippen LogP contribution in [0.2, 0.25) is 19.6 Å². The summed E-state index contributed by atoms with van der Waals surface area (Å²) in [4.78, 5) is 10.1. The van der Waals surface area contributed by atoms with Crippen LogP contribution in [0.3, 0.4) is 0 Å². The monoisotopic (exact) mass is 789 g/mol. The van der Waals surface area contributed by atoms with Gasteiger partial charge in [0, 0.05) is 25.3 Å². The topological polar surface area (TPSA) is 140 Å². The van der Waals surface area contributed by atoms with E-state index in [1.54, 1.807) is 30.3 Å². The van der Waals surface area contributed by atoms with Crippen LogP contribution in [0.5, 0.6) is 0 Å². The van der Waals surface area contributed by atoms with E-state index in [4.69, 9.17) is 31.2 Å². The molecule has 1 fully saturated rings. The molecule has 1 heterocycles. The predicted octanol–water partition coefficient (Wildman–Crippen LogP) is 4.42. The van der Waals surface area contributed by atoms with E-state index in [2.05, 4.69) is 0 Å². The molecule has 19 heteroatoms. The molecule has 4 rings (SSSR count). The molecule has 3 aromatic rings. The van der Waals surface area contributed by atoms with Gasteiger partial charge in [0.05, 0.1) is 23.3 Å². The van der Waals surface area contributed by atoms with Crippen molar-refractivity contribution < 1.29 is 79.5 Å². The summed E-state index contributed by atoms with van der Waals surface area (Å²) in [5, 5.41) is 34.4. The van der Waals surface area contributed by atoms with Crippen molar-refractivity contribution in [2.75, 3.05) is 13.2 Å². The quantitative estimate of drug-likeness (QED) is 0.202. The molecule has 0 saturated carbocycles. The van der Waals surface area contributed by atoms with Gasteiger partial charge in [0.15, 0.2) is 37.6 Å². The first-order chi connectivity index (χ1) is 23.5. The molecule has 7 nitrogen and oxygen atoms in total. The summed E-state index contributed by atoms with van der Waals surface area (Å²) in [6, 6.07) is 20.2. The molecule has 2 atom stereocenters. The molecule has 1 aliphatic rings. The number of alkyl halides is 9. The molecule has 0 bridgehead atoms. The Balaban J connectivity index is -0.000000295. The third kappa shape index (κ3) is 22.6. The normalized spacial score (nSPS) is 13.2. The van der Waals surface area contributed by atoms with Crippen molar-refractivity contribution in [1.82, 2.24) is 0 Å². The van der Waals surface area contributed by atoms with Crippen LogP contribution in [-0.4, -0.2) is 73.3 Å². The van der Waals surface area contributed by atoms with E-state index in [-0.39, 0.29) is 60.9 Å². The van der Waals surface area contributed by atoms with Crippen molar-refractivity contribution in [3.63, 3.8) is 0 Å². The van der Waals surface area contributed by atoms with Gasteiger partial charge in [-0.15, -0.1) is 0 Å². The second-order valence-electron chi connectivity index (χ2n) is 11.5. The van der Waals surface area contributed by atoms with Crippen molar-refractivity contribution in [2.24, 2.45) is 5.73 Å². The molecule has 0 radical (unpaired) electrons. The zero-order valence-corrected chi connectivity index (χ0v) is 29.8. The van der Waals surface area contributed by atoms with E-state index in [1.165, 1.54) is 68.9 Å². The van der Waals surface area contributed by atoms with Crippen LogP contribution in [0.1, 0.15) is 64.7 Å². The van der Waals surface area contributed by atoms with Crippen LogP contribution >= 0.6 is 0 Å². The predicted molar refractivity (Wildman–Crippen MR) is 185 cm³/mol. The molecule has 1 aliphatic heterocycles. The summed E-state index contributed by atoms with van der Waals surface area (Å²) in [6.45, 7) is 6.12. The minimum atomic E-state index is -4.67. The molecule has 2 unspecified atom stereocenters. The number of nitrogens with two attached hydrogens (primary N) is 1. The number of carbonyl (C=O) groups excluding carboxylic acids is 1. The number of aldehydes is 1. The van der Waals surface area contributed by atoms with E-state index in [0.717, 1.165) is 37.2 Å². The van der Waals surface area contributed by atoms with Crippen molar-refractivity contribution >= 4 is 31.7 Å². The summed E-state index contributed by atoms with van der Waals surface area (Å²) in [5.74, 6) is -3.92. The summed E-state index contributed by atoms with van der Waals surface area (Å²) >= 11 is 0. The van der Waals surface area contributed by atoms with E-state index < -0.39 is 38.4 Å². The maximum absolute atomic E-state index is 12.0. The molecule has 288 valence electrons. The number of nitriles is 2. The number of halogens is 9. The Morgan fingerprint density at radius 3 is 1.30 bits per heavy atom. The van der Waals surface area contributed by atoms with Gasteiger partial charge < -0.3 is 22.1 Å². The number of ether oxygens (including phenoxy) is 1. The molecule has 0 amide bonds. The van der Waals surface area contributed by atoms with Gasteiger partial charge in [-0.2, -0.15) is 50.0 Å². The summed E-state index contributed by atoms with van der Waals surface area (Å²) in [5.41, 5.74) is 6.99. The number of benzene rings is 3. The van der Waals surface area contributed by atoms with Gasteiger partial charge in [0.1, 0.15) is 6.29 Å². The fourth-order valence-corrected chi connectivity index (χ4v) is 3.10. The van der Waals surface area contributed by atoms with Crippen LogP contribution in [-0.2, 0) is 11.3 Å². The van der Waals surface area contributed by atoms with Gasteiger partial charge in [-0.1, -0.05) is 68.2 Å². The van der Waals surface area contributed by atoms with Crippen molar-refractivity contribution in [1.29, 1.82) is 10.5 Å². The van der Waals surface area contributed by atoms with Gasteiger partial charge in [0.2, 0.25) is 0 Å². The Labute approximate surface area is 327 Å². The second-order valence-corrected chi connectivity index (χ2v) is 16.6. The zero-order chi connectivity index (χ0) is 39.5. The van der Waals surface area contributed by atoms with Crippen molar-refractivity contribution in [3.8, 4) is 12.1 Å². The van der Waals surface area contributed by atoms with Crippen LogP contribution in [0, 0.1) is 22.7 Å². The number of hydrogen-bond acceptors (Lipinski definition) is 7. The van der Waals surface area contributed by atoms with Gasteiger partial charge in [-0.25, -0.2) is 0 Å². The number of aliphatic hydroxyl groups is 2. The summed E-state index contributed by atoms with van der Waals surface area (Å²) < 4.78 is 112. The largest absolute Gasteiger partial charge is 1.00 e. The molecule has 0 aromatic heterocycles. The molecule has 53 heavy (non-hydrogen) atoms. The standard InChI is InChI=1S/C9H10F3NO.C9H6F3NO.C8H5NO.C4H9F3Si.C4H8O.Al.Li.4H/c2*10-9(11,12)8(14)7-3-1-6(5-13)2-4-7;9-5-7-1-3-8(6-10)4-2-7;1-8(2,3)4(5,6)7;1-2-4-5-3-1;;;;;;/h1-4,8,14H,5,13H2;1-4,8,14H;1-4,6H;1-3H3;1-4H2;;;;;;/q;;;;;;+1;;;;-1. The van der Waals surface area contributed by atoms with E-state index >= 15 is 0 Å². The zero-order valence-electron chi connectivity index (χ0n) is 29.8. The first-order valence-corrected chi connectivity index (χ1v) is 18.4. The third-order valence-corrected chi connectivity index (χ3v) is 8.06. The molecular weight excluding hydrogens is 747 g/mol. The van der Waals surface area contributed by atoms with E-state index in [1.807, 2.05) is 6.07 Å². The van der Waals surface area contributed by atoms with Gasteiger partial charge in [-0.05, 0) is 53.8 Å². The molecular formula is C34H42AlF9LiN3O4Si. The van der Waals surface area contributed by atoms with Gasteiger partial charge >= 0.3 is 37.0 Å². The van der Waals surface area contributed by atoms with Crippen LogP contribution in [0.25, 0.3) is 0 Å². The molecule has 0 spiro atoms. The number of aliphatic hydroxyl groups excluding tert-OH is 2. The summed E-state index contributed by atoms with van der Waals surface area (Å²) in [7, 11) is -2.86. The van der Waals surface area contributed by atoms with Gasteiger partial charge in [-0.3, -0.25) is 4.79 Å². The van der Waals surface area contributed by atoms with Crippen LogP contribution < -0.4 is 24.6 Å². The van der Waals surface area contributed by atoms with Crippen molar-refractivity contribution in [3.05, 3.63) is 106 Å². The second kappa shape index (κ2) is 25.8. The number of hydrogen-bond donors (Lipinski definition) is 3. The number of carbonyl (C=O) groups is 1. The molecule has 3 aromatic carbocycles. The Bertz CT molecular complexity index is 1510. The Morgan fingerprint density at radius 2 is 1.08 bits per heavy atom. The Morgan fingerprint density at radius 1 is 0.755 bits per heavy atom. The fourth-order valence-electron chi connectivity index (χ4n) is 3.10. The molecule has 1 saturated heterocycles. The molecule has 4 N–H and O–H groups in total. The maximum Gasteiger partial charge on any atom is 1.00 e. The van der Waals surface area contributed by atoms with Crippen LogP contribution in [0.15, 0.2) is 72.8 Å². The minimum Gasteiger partial charge on any atom is -1.00 e. The number of nitrogens with zero attached hydrogens (tertiary/aromatic N) is 2. The van der Waals surface area contributed by atoms with Crippen molar-refractivity contribution in [2.45, 2.75) is 69.4 Å². The number of rotatable bonds is 4. The smallest absolute Gasteiger partial charge is 1.00 e. The maximum atomic E-state index is 12.0. The SMILES string of the molecule is C1CCOC1.C[Si](C)(C)C(F)(F)F.N#Cc1ccc(C(O)C(F)(F)F)cc1.N#Cc1ccc(C=O)cc1.NCc1ccc(C(O)C(F)(F)F)cc1.[AlH3].[H-].[Li+]. The first kappa shape index (κ1) is 54.2. The fraction of sp³-hybridized carbons (Fsp3) is 0.382. The Kier molecular flexibility index (Phi) is 26.4. The minimum absolute atomic E-state index is 0. The van der Waals surface area contributed by atoms with E-state index in [9.17, 15) is 44.3 Å². The molecule has 0 aliphatic carbocycles. The van der Waals surface area contributed by atoms with E-state index in [0.29, 0.717) is 11.1 Å². The Hall–Kier alpha value is -3.13. The average molecular weight is 790 g/mol. The average Bonchev–Trinajstić information content (AvgIpc) is 3.68.